The largest absolute Gasteiger partial charge is 0.416 e. The predicted octanol–water partition coefficient (Wildman–Crippen LogP) is 3.59. The molecule has 0 unspecified atom stereocenters. The fourth-order valence-corrected chi connectivity index (χ4v) is 2.76. The van der Waals surface area contributed by atoms with E-state index in [1.807, 2.05) is 6.92 Å². The van der Waals surface area contributed by atoms with Gasteiger partial charge in [0.05, 0.1) is 11.6 Å². The van der Waals surface area contributed by atoms with Crippen molar-refractivity contribution in [3.63, 3.8) is 0 Å². The normalized spacial score (nSPS) is 18.2. The van der Waals surface area contributed by atoms with E-state index in [0.717, 1.165) is 12.1 Å². The van der Waals surface area contributed by atoms with Crippen molar-refractivity contribution >= 4 is 11.6 Å². The van der Waals surface area contributed by atoms with Crippen LogP contribution in [0, 0.1) is 0 Å². The van der Waals surface area contributed by atoms with Crippen LogP contribution in [0.3, 0.4) is 0 Å². The number of carbonyl (C=O) groups is 1. The van der Waals surface area contributed by atoms with Gasteiger partial charge in [-0.2, -0.15) is 18.3 Å². The lowest BCUT2D eigenvalue weighted by Gasteiger charge is -2.32. The highest BCUT2D eigenvalue weighted by Gasteiger charge is 2.35. The summed E-state index contributed by atoms with van der Waals surface area (Å²) in [6, 6.07) is 4.51. The maximum absolute atomic E-state index is 13.0. The number of aromatic nitrogens is 2. The van der Waals surface area contributed by atoms with Gasteiger partial charge in [0.15, 0.2) is 0 Å². The zero-order valence-corrected chi connectivity index (χ0v) is 12.1. The van der Waals surface area contributed by atoms with Crippen LogP contribution in [-0.2, 0) is 12.9 Å². The minimum Gasteiger partial charge on any atom is -0.305 e. The molecule has 4 nitrogen and oxygen atoms in total. The third kappa shape index (κ3) is 2.58. The van der Waals surface area contributed by atoms with Crippen molar-refractivity contribution in [3.8, 4) is 0 Å². The summed E-state index contributed by atoms with van der Waals surface area (Å²) in [6.07, 6.45) is -3.13. The summed E-state index contributed by atoms with van der Waals surface area (Å²) in [5.74, 6) is -0.370. The molecule has 0 saturated heterocycles. The topological polar surface area (TPSA) is 38.1 Å². The van der Waals surface area contributed by atoms with Gasteiger partial charge in [-0.3, -0.25) is 9.48 Å². The van der Waals surface area contributed by atoms with Crippen LogP contribution in [0.2, 0.25) is 0 Å². The van der Waals surface area contributed by atoms with Crippen LogP contribution < -0.4 is 4.90 Å². The Hall–Kier alpha value is -2.38. The number of anilines is 1. The van der Waals surface area contributed by atoms with Gasteiger partial charge in [-0.15, -0.1) is 0 Å². The summed E-state index contributed by atoms with van der Waals surface area (Å²) in [4.78, 5) is 13.8. The summed E-state index contributed by atoms with van der Waals surface area (Å²) in [5.41, 5.74) is -0.902. The van der Waals surface area contributed by atoms with Crippen molar-refractivity contribution in [3.05, 3.63) is 47.3 Å². The number of alkyl halides is 4. The van der Waals surface area contributed by atoms with E-state index in [2.05, 4.69) is 5.10 Å². The van der Waals surface area contributed by atoms with Gasteiger partial charge in [-0.05, 0) is 36.8 Å². The van der Waals surface area contributed by atoms with Crippen LogP contribution in [0.15, 0.2) is 30.5 Å². The number of amides is 1. The van der Waals surface area contributed by atoms with Gasteiger partial charge in [0.25, 0.3) is 5.91 Å². The number of nitrogens with zero attached hydrogens (tertiary/aromatic N) is 3. The predicted molar refractivity (Wildman–Crippen MR) is 74.9 cm³/mol. The van der Waals surface area contributed by atoms with Gasteiger partial charge in [-0.25, -0.2) is 4.39 Å². The first-order valence-corrected chi connectivity index (χ1v) is 6.94. The van der Waals surface area contributed by atoms with Crippen LogP contribution >= 0.6 is 0 Å². The molecule has 8 heteroatoms. The average molecular weight is 327 g/mol. The van der Waals surface area contributed by atoms with Gasteiger partial charge in [0, 0.05) is 18.4 Å². The van der Waals surface area contributed by atoms with E-state index in [4.69, 9.17) is 0 Å². The van der Waals surface area contributed by atoms with E-state index in [9.17, 15) is 22.4 Å². The molecule has 0 fully saturated rings. The summed E-state index contributed by atoms with van der Waals surface area (Å²) in [5, 5.41) is 4.06. The molecule has 1 amide bonds. The lowest BCUT2D eigenvalue weighted by Crippen LogP contribution is -2.42. The molecule has 0 spiro atoms. The van der Waals surface area contributed by atoms with E-state index in [1.165, 1.54) is 17.2 Å². The molecule has 0 aliphatic carbocycles. The molecule has 1 aliphatic rings. The third-order valence-corrected chi connectivity index (χ3v) is 3.85. The first kappa shape index (κ1) is 15.5. The number of benzene rings is 1. The minimum absolute atomic E-state index is 0.131. The Morgan fingerprint density at radius 1 is 1.30 bits per heavy atom. The lowest BCUT2D eigenvalue weighted by atomic mass is 10.1. The summed E-state index contributed by atoms with van der Waals surface area (Å²) >= 11 is 0. The molecule has 2 heterocycles. The second-order valence-corrected chi connectivity index (χ2v) is 5.40. The van der Waals surface area contributed by atoms with Crippen LogP contribution in [-0.4, -0.2) is 22.2 Å². The molecule has 0 radical (unpaired) electrons. The quantitative estimate of drug-likeness (QED) is 0.791. The fourth-order valence-electron chi connectivity index (χ4n) is 2.76. The zero-order valence-electron chi connectivity index (χ0n) is 12.1. The Morgan fingerprint density at radius 2 is 2.04 bits per heavy atom. The van der Waals surface area contributed by atoms with E-state index in [1.54, 1.807) is 10.7 Å². The van der Waals surface area contributed by atoms with Gasteiger partial charge >= 0.3 is 6.18 Å². The molecule has 0 N–H and O–H groups in total. The van der Waals surface area contributed by atoms with Gasteiger partial charge in [-0.1, -0.05) is 0 Å². The van der Waals surface area contributed by atoms with Crippen molar-refractivity contribution in [2.24, 2.45) is 0 Å². The molecule has 0 saturated carbocycles. The number of hydrogen-bond donors (Lipinski definition) is 0. The highest BCUT2D eigenvalue weighted by atomic mass is 19.4. The molecule has 1 atom stereocenters. The Kier molecular flexibility index (Phi) is 3.62. The van der Waals surface area contributed by atoms with E-state index in [-0.39, 0.29) is 24.2 Å². The van der Waals surface area contributed by atoms with Gasteiger partial charge in [0.2, 0.25) is 0 Å². The van der Waals surface area contributed by atoms with Crippen molar-refractivity contribution in [1.29, 1.82) is 0 Å². The van der Waals surface area contributed by atoms with Crippen molar-refractivity contribution in [2.75, 3.05) is 11.4 Å². The van der Waals surface area contributed by atoms with Crippen molar-refractivity contribution < 1.29 is 22.4 Å². The molecule has 23 heavy (non-hydrogen) atoms. The fraction of sp³-hybridized carbons (Fsp3) is 0.333. The van der Waals surface area contributed by atoms with Gasteiger partial charge < -0.3 is 4.90 Å². The minimum atomic E-state index is -4.63. The third-order valence-electron chi connectivity index (χ3n) is 3.85. The van der Waals surface area contributed by atoms with Gasteiger partial charge in [0.1, 0.15) is 12.4 Å². The van der Waals surface area contributed by atoms with E-state index in [0.29, 0.717) is 5.69 Å². The van der Waals surface area contributed by atoms with Crippen LogP contribution in [0.1, 0.15) is 34.6 Å². The lowest BCUT2D eigenvalue weighted by molar-refractivity contribution is -0.138. The smallest absolute Gasteiger partial charge is 0.305 e. The Balaban J connectivity index is 2.02. The highest BCUT2D eigenvalue weighted by molar-refractivity contribution is 6.05. The number of halogens is 4. The highest BCUT2D eigenvalue weighted by Crippen LogP contribution is 2.35. The number of carbonyl (C=O) groups excluding carboxylic acids is 1. The maximum Gasteiger partial charge on any atom is 0.416 e. The molecule has 3 rings (SSSR count). The molecule has 2 aromatic rings. The standard InChI is InChI=1S/C15H13F4N3O/c1-9-8-21(14(23)13-4-5-20-22(9)13)11-2-3-12(15(17,18)19)10(6-11)7-16/h2-6,9H,7-8H2,1H3/t9-/m0/s1. The Bertz CT molecular complexity index is 753. The monoisotopic (exact) mass is 327 g/mol. The maximum atomic E-state index is 13.0. The molecule has 0 bridgehead atoms. The molecular formula is C15H13F4N3O. The number of fused-ring (bicyclic) bond motifs is 1. The van der Waals surface area contributed by atoms with E-state index < -0.39 is 24.0 Å². The zero-order chi connectivity index (χ0) is 16.8. The Labute approximate surface area is 129 Å². The molecule has 1 aromatic carbocycles. The first-order chi connectivity index (χ1) is 10.8. The van der Waals surface area contributed by atoms with Crippen LogP contribution in [0.25, 0.3) is 0 Å². The van der Waals surface area contributed by atoms with Crippen LogP contribution in [0.5, 0.6) is 0 Å². The number of hydrogen-bond acceptors (Lipinski definition) is 2. The number of rotatable bonds is 2. The second-order valence-electron chi connectivity index (χ2n) is 5.40. The summed E-state index contributed by atoms with van der Waals surface area (Å²) in [7, 11) is 0. The SMILES string of the molecule is C[C@H]1CN(c2ccc(C(F)(F)F)c(CF)c2)C(=O)c2ccnn21. The van der Waals surface area contributed by atoms with Crippen molar-refractivity contribution in [2.45, 2.75) is 25.8 Å². The Morgan fingerprint density at radius 3 is 2.70 bits per heavy atom. The van der Waals surface area contributed by atoms with Crippen LogP contribution in [0.4, 0.5) is 23.2 Å². The second kappa shape index (κ2) is 5.36. The average Bonchev–Trinajstić information content (AvgIpc) is 2.99. The van der Waals surface area contributed by atoms with Crippen molar-refractivity contribution in [1.82, 2.24) is 9.78 Å². The first-order valence-electron chi connectivity index (χ1n) is 6.94. The molecule has 122 valence electrons. The van der Waals surface area contributed by atoms with E-state index >= 15 is 0 Å². The molecular weight excluding hydrogens is 314 g/mol. The molecule has 1 aromatic heterocycles. The summed E-state index contributed by atoms with van der Waals surface area (Å²) < 4.78 is 53.1. The molecule has 1 aliphatic heterocycles. The summed E-state index contributed by atoms with van der Waals surface area (Å²) in [6.45, 7) is 0.846.